The van der Waals surface area contributed by atoms with Crippen molar-refractivity contribution in [1.29, 1.82) is 0 Å². The number of hydrogen-bond acceptors (Lipinski definition) is 7. The lowest BCUT2D eigenvalue weighted by atomic mass is 9.85. The third kappa shape index (κ3) is 5.33. The predicted octanol–water partition coefficient (Wildman–Crippen LogP) is 3.38. The van der Waals surface area contributed by atoms with E-state index in [0.29, 0.717) is 17.2 Å². The molecule has 2 aromatic heterocycles. The topological polar surface area (TPSA) is 126 Å². The largest absolute Gasteiger partial charge is 0.438 e. The number of nitrogens with one attached hydrogen (secondary N) is 1. The molecule has 0 radical (unpaired) electrons. The van der Waals surface area contributed by atoms with E-state index in [2.05, 4.69) is 20.6 Å². The zero-order valence-corrected chi connectivity index (χ0v) is 22.0. The molecule has 2 aliphatic rings. The van der Waals surface area contributed by atoms with Crippen LogP contribution >= 0.6 is 0 Å². The van der Waals surface area contributed by atoms with Crippen LogP contribution in [-0.4, -0.2) is 60.5 Å². The molecule has 5 rings (SSSR count). The predicted molar refractivity (Wildman–Crippen MR) is 135 cm³/mol. The SMILES string of the molecule is CC(NC(=O)[C@@H]1C[C@@H](O)CN1C(=O)[C@@H](n1cc(C2CC2)nn1)C(C)(C)C)c1ncc(-c2ccc(F)cc2)o1. The van der Waals surface area contributed by atoms with Gasteiger partial charge in [-0.15, -0.1) is 5.10 Å². The average Bonchev–Trinajstić information content (AvgIpc) is 3.23. The molecular formula is C27H33FN6O4. The Labute approximate surface area is 220 Å². The molecule has 0 spiro atoms. The molecule has 3 aromatic rings. The lowest BCUT2D eigenvalue weighted by Crippen LogP contribution is -2.50. The fourth-order valence-corrected chi connectivity index (χ4v) is 4.93. The van der Waals surface area contributed by atoms with Crippen LogP contribution in [0.2, 0.25) is 0 Å². The summed E-state index contributed by atoms with van der Waals surface area (Å²) >= 11 is 0. The molecule has 2 fully saturated rings. The molecule has 202 valence electrons. The number of carbonyl (C=O) groups is 2. The number of aliphatic hydroxyl groups excluding tert-OH is 1. The van der Waals surface area contributed by atoms with E-state index in [1.54, 1.807) is 23.7 Å². The Morgan fingerprint density at radius 1 is 1.21 bits per heavy atom. The van der Waals surface area contributed by atoms with Gasteiger partial charge in [-0.3, -0.25) is 9.59 Å². The summed E-state index contributed by atoms with van der Waals surface area (Å²) in [5.74, 6) is 0.0647. The summed E-state index contributed by atoms with van der Waals surface area (Å²) in [6, 6.07) is 3.68. The van der Waals surface area contributed by atoms with Crippen LogP contribution in [0.3, 0.4) is 0 Å². The summed E-state index contributed by atoms with van der Waals surface area (Å²) in [6.07, 6.45) is 4.79. The Bertz CT molecular complexity index is 1310. The van der Waals surface area contributed by atoms with Gasteiger partial charge in [0.25, 0.3) is 0 Å². The normalized spacial score (nSPS) is 21.4. The molecule has 10 nitrogen and oxygen atoms in total. The quantitative estimate of drug-likeness (QED) is 0.485. The van der Waals surface area contributed by atoms with E-state index in [1.807, 2.05) is 27.0 Å². The Morgan fingerprint density at radius 3 is 2.58 bits per heavy atom. The van der Waals surface area contributed by atoms with Gasteiger partial charge in [0.1, 0.15) is 23.9 Å². The average molecular weight is 525 g/mol. The van der Waals surface area contributed by atoms with Crippen molar-refractivity contribution in [1.82, 2.24) is 30.2 Å². The van der Waals surface area contributed by atoms with Crippen molar-refractivity contribution in [3.8, 4) is 11.3 Å². The molecule has 3 heterocycles. The molecule has 38 heavy (non-hydrogen) atoms. The highest BCUT2D eigenvalue weighted by molar-refractivity contribution is 5.90. The highest BCUT2D eigenvalue weighted by Gasteiger charge is 2.45. The van der Waals surface area contributed by atoms with Crippen molar-refractivity contribution in [2.45, 2.75) is 77.1 Å². The molecule has 2 N–H and O–H groups in total. The highest BCUT2D eigenvalue weighted by Crippen LogP contribution is 2.40. The van der Waals surface area contributed by atoms with Crippen LogP contribution < -0.4 is 5.32 Å². The van der Waals surface area contributed by atoms with Crippen molar-refractivity contribution in [2.75, 3.05) is 6.54 Å². The van der Waals surface area contributed by atoms with Gasteiger partial charge in [0.05, 0.1) is 18.0 Å². The number of carbonyl (C=O) groups excluding carboxylic acids is 2. The minimum absolute atomic E-state index is 0.0514. The fraction of sp³-hybridized carbons (Fsp3) is 0.519. The Balaban J connectivity index is 1.31. The molecule has 1 saturated heterocycles. The second-order valence-electron chi connectivity index (χ2n) is 11.4. The first-order valence-electron chi connectivity index (χ1n) is 12.9. The summed E-state index contributed by atoms with van der Waals surface area (Å²) in [5, 5.41) is 21.8. The van der Waals surface area contributed by atoms with Crippen LogP contribution in [-0.2, 0) is 9.59 Å². The van der Waals surface area contributed by atoms with Gasteiger partial charge >= 0.3 is 0 Å². The summed E-state index contributed by atoms with van der Waals surface area (Å²) in [6.45, 7) is 7.61. The maximum Gasteiger partial charge on any atom is 0.248 e. The molecule has 0 bridgehead atoms. The highest BCUT2D eigenvalue weighted by atomic mass is 19.1. The zero-order valence-electron chi connectivity index (χ0n) is 22.0. The van der Waals surface area contributed by atoms with Gasteiger partial charge in [-0.25, -0.2) is 14.1 Å². The number of amides is 2. The minimum Gasteiger partial charge on any atom is -0.438 e. The first-order valence-corrected chi connectivity index (χ1v) is 12.9. The molecule has 11 heteroatoms. The van der Waals surface area contributed by atoms with Gasteiger partial charge in [0, 0.05) is 30.6 Å². The van der Waals surface area contributed by atoms with E-state index in [0.717, 1.165) is 18.5 Å². The standard InChI is InChI=1S/C27H33FN6O4/c1-15(25-29-12-22(38-25)17-7-9-18(28)10-8-17)30-24(36)21-11-19(35)13-33(21)26(37)23(27(2,3)4)34-14-20(31-32-34)16-5-6-16/h7-10,12,14-16,19,21,23,35H,5-6,11,13H2,1-4H3,(H,30,36)/t15?,19-,21+,23-/m1/s1. The number of likely N-dealkylation sites (tertiary alicyclic amines) is 1. The second kappa shape index (κ2) is 9.94. The van der Waals surface area contributed by atoms with Crippen molar-refractivity contribution in [2.24, 2.45) is 5.41 Å². The van der Waals surface area contributed by atoms with Gasteiger partial charge in [-0.05, 0) is 49.4 Å². The molecule has 1 aliphatic carbocycles. The third-order valence-corrected chi connectivity index (χ3v) is 7.09. The maximum atomic E-state index is 13.9. The van der Waals surface area contributed by atoms with Crippen LogP contribution in [0.5, 0.6) is 0 Å². The number of aromatic nitrogens is 4. The van der Waals surface area contributed by atoms with Crippen LogP contribution in [0, 0.1) is 11.2 Å². The van der Waals surface area contributed by atoms with Gasteiger partial charge in [0.15, 0.2) is 5.76 Å². The first-order chi connectivity index (χ1) is 18.0. The van der Waals surface area contributed by atoms with Crippen molar-refractivity contribution in [3.63, 3.8) is 0 Å². The summed E-state index contributed by atoms with van der Waals surface area (Å²) in [7, 11) is 0. The van der Waals surface area contributed by atoms with E-state index < -0.39 is 35.6 Å². The van der Waals surface area contributed by atoms with Crippen LogP contribution in [0.4, 0.5) is 4.39 Å². The van der Waals surface area contributed by atoms with Crippen LogP contribution in [0.25, 0.3) is 11.3 Å². The lowest BCUT2D eigenvalue weighted by molar-refractivity contribution is -0.144. The fourth-order valence-electron chi connectivity index (χ4n) is 4.93. The number of rotatable bonds is 7. The van der Waals surface area contributed by atoms with Gasteiger partial charge < -0.3 is 19.7 Å². The van der Waals surface area contributed by atoms with Crippen molar-refractivity contribution < 1.29 is 23.5 Å². The summed E-state index contributed by atoms with van der Waals surface area (Å²) in [4.78, 5) is 32.9. The molecular weight excluding hydrogens is 491 g/mol. The Morgan fingerprint density at radius 2 is 1.92 bits per heavy atom. The molecule has 4 atom stereocenters. The van der Waals surface area contributed by atoms with Crippen molar-refractivity contribution >= 4 is 11.8 Å². The Kier molecular flexibility index (Phi) is 6.81. The number of benzene rings is 1. The maximum absolute atomic E-state index is 13.9. The van der Waals surface area contributed by atoms with Crippen molar-refractivity contribution in [3.05, 3.63) is 54.1 Å². The monoisotopic (exact) mass is 524 g/mol. The number of aliphatic hydroxyl groups is 1. The lowest BCUT2D eigenvalue weighted by Gasteiger charge is -2.34. The molecule has 2 amide bonds. The number of oxazole rings is 1. The molecule has 1 unspecified atom stereocenters. The van der Waals surface area contributed by atoms with E-state index in [-0.39, 0.29) is 30.6 Å². The molecule has 1 aliphatic heterocycles. The third-order valence-electron chi connectivity index (χ3n) is 7.09. The van der Waals surface area contributed by atoms with E-state index in [4.69, 9.17) is 4.42 Å². The van der Waals surface area contributed by atoms with E-state index in [1.165, 1.54) is 23.2 Å². The van der Waals surface area contributed by atoms with Crippen LogP contribution in [0.1, 0.15) is 76.5 Å². The molecule has 1 saturated carbocycles. The van der Waals surface area contributed by atoms with E-state index >= 15 is 0 Å². The summed E-state index contributed by atoms with van der Waals surface area (Å²) < 4.78 is 20.6. The number of nitrogens with zero attached hydrogens (tertiary/aromatic N) is 5. The summed E-state index contributed by atoms with van der Waals surface area (Å²) in [5.41, 5.74) is 1.02. The van der Waals surface area contributed by atoms with Crippen LogP contribution in [0.15, 0.2) is 41.1 Å². The molecule has 1 aromatic carbocycles. The first kappa shape index (κ1) is 26.0. The number of hydrogen-bond donors (Lipinski definition) is 2. The van der Waals surface area contributed by atoms with Gasteiger partial charge in [0.2, 0.25) is 17.7 Å². The minimum atomic E-state index is -0.859. The Hall–Kier alpha value is -3.60. The smallest absolute Gasteiger partial charge is 0.248 e. The van der Waals surface area contributed by atoms with E-state index in [9.17, 15) is 19.1 Å². The van der Waals surface area contributed by atoms with Gasteiger partial charge in [-0.2, -0.15) is 0 Å². The number of halogens is 1. The van der Waals surface area contributed by atoms with Gasteiger partial charge in [-0.1, -0.05) is 26.0 Å². The second-order valence-corrected chi connectivity index (χ2v) is 11.4. The zero-order chi connectivity index (χ0) is 27.2. The number of β-amino-alcohol motifs (C(OH)–C–C–N with tert-alkyl or cyclic N) is 1.